The zero-order valence-corrected chi connectivity index (χ0v) is 15.2. The van der Waals surface area contributed by atoms with Crippen LogP contribution in [0.25, 0.3) is 11.1 Å². The molecule has 0 heterocycles. The van der Waals surface area contributed by atoms with Gasteiger partial charge in [0, 0.05) is 0 Å². The smallest absolute Gasteiger partial charge is 0.119 e. The Hall–Kier alpha value is -1.96. The summed E-state index contributed by atoms with van der Waals surface area (Å²) in [6.45, 7) is 7.69. The molecule has 0 saturated carbocycles. The second kappa shape index (κ2) is 9.36. The van der Waals surface area contributed by atoms with Crippen LogP contribution in [0.15, 0.2) is 48.5 Å². The molecule has 0 aromatic heterocycles. The van der Waals surface area contributed by atoms with E-state index >= 15 is 0 Å². The first-order chi connectivity index (χ1) is 11.6. The van der Waals surface area contributed by atoms with Crippen LogP contribution in [0.2, 0.25) is 0 Å². The fourth-order valence-electron chi connectivity index (χ4n) is 2.69. The van der Waals surface area contributed by atoms with Crippen LogP contribution < -0.4 is 4.74 Å². The minimum absolute atomic E-state index is 0.293. The summed E-state index contributed by atoms with van der Waals surface area (Å²) < 4.78 is 5.88. The molecule has 0 spiro atoms. The highest BCUT2D eigenvalue weighted by Crippen LogP contribution is 2.24. The minimum atomic E-state index is 0.293. The molecule has 0 unspecified atom stereocenters. The molecule has 2 rings (SSSR count). The molecule has 130 valence electrons. The van der Waals surface area contributed by atoms with Crippen molar-refractivity contribution < 1.29 is 9.84 Å². The molecule has 0 aliphatic rings. The minimum Gasteiger partial charge on any atom is -0.508 e. The van der Waals surface area contributed by atoms with Gasteiger partial charge in [0.15, 0.2) is 0 Å². The van der Waals surface area contributed by atoms with Gasteiger partial charge in [-0.25, -0.2) is 0 Å². The van der Waals surface area contributed by atoms with E-state index in [2.05, 4.69) is 32.9 Å². The Kier molecular flexibility index (Phi) is 7.17. The Morgan fingerprint density at radius 1 is 0.792 bits per heavy atom. The summed E-state index contributed by atoms with van der Waals surface area (Å²) in [7, 11) is 0. The van der Waals surface area contributed by atoms with Gasteiger partial charge in [-0.3, -0.25) is 0 Å². The molecule has 0 saturated heterocycles. The number of hydrogen-bond donors (Lipinski definition) is 1. The van der Waals surface area contributed by atoms with E-state index in [1.54, 1.807) is 12.1 Å². The van der Waals surface area contributed by atoms with Crippen molar-refractivity contribution in [3.8, 4) is 22.6 Å². The third-order valence-electron chi connectivity index (χ3n) is 4.78. The fourth-order valence-corrected chi connectivity index (χ4v) is 2.69. The molecule has 2 atom stereocenters. The number of aromatic hydroxyl groups is 1. The molecular weight excluding hydrogens is 296 g/mol. The number of benzene rings is 2. The van der Waals surface area contributed by atoms with Crippen LogP contribution in [-0.2, 0) is 0 Å². The highest BCUT2D eigenvalue weighted by atomic mass is 16.5. The lowest BCUT2D eigenvalue weighted by Crippen LogP contribution is -2.06. The molecule has 0 radical (unpaired) electrons. The average molecular weight is 326 g/mol. The summed E-state index contributed by atoms with van der Waals surface area (Å²) in [5, 5.41) is 9.35. The maximum atomic E-state index is 9.35. The van der Waals surface area contributed by atoms with Gasteiger partial charge in [0.25, 0.3) is 0 Å². The number of phenolic OH excluding ortho intramolecular Hbond substituents is 1. The van der Waals surface area contributed by atoms with E-state index in [0.717, 1.165) is 41.7 Å². The van der Waals surface area contributed by atoms with Gasteiger partial charge in [0.2, 0.25) is 0 Å². The third kappa shape index (κ3) is 5.92. The lowest BCUT2D eigenvalue weighted by molar-refractivity contribution is 0.272. The SMILES string of the molecule is CC[C@H](C)CC[C@H](C)CCOc1ccc(-c2ccc(O)cc2)cc1. The lowest BCUT2D eigenvalue weighted by atomic mass is 9.95. The van der Waals surface area contributed by atoms with E-state index in [9.17, 15) is 5.11 Å². The summed E-state index contributed by atoms with van der Waals surface area (Å²) in [4.78, 5) is 0. The predicted molar refractivity (Wildman–Crippen MR) is 102 cm³/mol. The molecule has 0 aliphatic carbocycles. The lowest BCUT2D eigenvalue weighted by Gasteiger charge is -2.15. The molecule has 0 bridgehead atoms. The van der Waals surface area contributed by atoms with E-state index in [1.807, 2.05) is 24.3 Å². The topological polar surface area (TPSA) is 29.5 Å². The van der Waals surface area contributed by atoms with Gasteiger partial charge in [0.05, 0.1) is 6.61 Å². The van der Waals surface area contributed by atoms with Crippen LogP contribution in [0.3, 0.4) is 0 Å². The zero-order chi connectivity index (χ0) is 17.4. The summed E-state index contributed by atoms with van der Waals surface area (Å²) in [6.07, 6.45) is 4.99. The highest BCUT2D eigenvalue weighted by Gasteiger charge is 2.06. The first-order valence-corrected chi connectivity index (χ1v) is 9.10. The third-order valence-corrected chi connectivity index (χ3v) is 4.78. The average Bonchev–Trinajstić information content (AvgIpc) is 2.61. The summed E-state index contributed by atoms with van der Waals surface area (Å²) in [5.41, 5.74) is 2.22. The van der Waals surface area contributed by atoms with Crippen LogP contribution in [0.5, 0.6) is 11.5 Å². The molecule has 2 heteroatoms. The molecule has 2 aromatic carbocycles. The number of rotatable bonds is 9. The van der Waals surface area contributed by atoms with Crippen LogP contribution in [0.1, 0.15) is 46.5 Å². The maximum absolute atomic E-state index is 9.35. The largest absolute Gasteiger partial charge is 0.508 e. The molecule has 2 nitrogen and oxygen atoms in total. The van der Waals surface area contributed by atoms with Crippen LogP contribution in [0.4, 0.5) is 0 Å². The Morgan fingerprint density at radius 2 is 1.33 bits per heavy atom. The van der Waals surface area contributed by atoms with E-state index in [-0.39, 0.29) is 0 Å². The first-order valence-electron chi connectivity index (χ1n) is 9.10. The number of ether oxygens (including phenoxy) is 1. The van der Waals surface area contributed by atoms with Gasteiger partial charge in [-0.05, 0) is 53.6 Å². The number of hydrogen-bond acceptors (Lipinski definition) is 2. The molecule has 0 fully saturated rings. The van der Waals surface area contributed by atoms with Crippen molar-refractivity contribution in [3.63, 3.8) is 0 Å². The second-order valence-electron chi connectivity index (χ2n) is 6.90. The van der Waals surface area contributed by atoms with Gasteiger partial charge in [-0.1, -0.05) is 64.3 Å². The summed E-state index contributed by atoms with van der Waals surface area (Å²) in [5.74, 6) is 2.77. The normalized spacial score (nSPS) is 13.5. The van der Waals surface area contributed by atoms with E-state index in [0.29, 0.717) is 5.75 Å². The van der Waals surface area contributed by atoms with Crippen molar-refractivity contribution in [2.75, 3.05) is 6.61 Å². The van der Waals surface area contributed by atoms with Crippen molar-refractivity contribution in [1.82, 2.24) is 0 Å². The van der Waals surface area contributed by atoms with E-state index in [1.165, 1.54) is 19.3 Å². The standard InChI is InChI=1S/C22H30O2/c1-4-17(2)5-6-18(3)15-16-24-22-13-9-20(10-14-22)19-7-11-21(23)12-8-19/h7-14,17-18,23H,4-6,15-16H2,1-3H3/t17-,18-/m0/s1. The first kappa shape index (κ1) is 18.4. The Bertz CT molecular complexity index is 586. The van der Waals surface area contributed by atoms with Crippen molar-refractivity contribution in [2.45, 2.75) is 46.5 Å². The Labute approximate surface area is 146 Å². The summed E-state index contributed by atoms with van der Waals surface area (Å²) >= 11 is 0. The van der Waals surface area contributed by atoms with E-state index < -0.39 is 0 Å². The van der Waals surface area contributed by atoms with Crippen LogP contribution >= 0.6 is 0 Å². The molecule has 0 aliphatic heterocycles. The predicted octanol–water partition coefficient (Wildman–Crippen LogP) is 6.29. The molecular formula is C22H30O2. The van der Waals surface area contributed by atoms with Crippen molar-refractivity contribution in [3.05, 3.63) is 48.5 Å². The maximum Gasteiger partial charge on any atom is 0.119 e. The van der Waals surface area contributed by atoms with Crippen molar-refractivity contribution >= 4 is 0 Å². The monoisotopic (exact) mass is 326 g/mol. The Balaban J connectivity index is 1.77. The van der Waals surface area contributed by atoms with Gasteiger partial charge in [-0.15, -0.1) is 0 Å². The van der Waals surface area contributed by atoms with Gasteiger partial charge in [0.1, 0.15) is 11.5 Å². The molecule has 24 heavy (non-hydrogen) atoms. The highest BCUT2D eigenvalue weighted by molar-refractivity contribution is 5.64. The van der Waals surface area contributed by atoms with Gasteiger partial charge < -0.3 is 9.84 Å². The zero-order valence-electron chi connectivity index (χ0n) is 15.2. The second-order valence-corrected chi connectivity index (χ2v) is 6.90. The Morgan fingerprint density at radius 3 is 1.92 bits per heavy atom. The summed E-state index contributed by atoms with van der Waals surface area (Å²) in [6, 6.07) is 15.4. The molecule has 0 amide bonds. The van der Waals surface area contributed by atoms with Gasteiger partial charge >= 0.3 is 0 Å². The van der Waals surface area contributed by atoms with Gasteiger partial charge in [-0.2, -0.15) is 0 Å². The quantitative estimate of drug-likeness (QED) is 0.586. The van der Waals surface area contributed by atoms with E-state index in [4.69, 9.17) is 4.74 Å². The fraction of sp³-hybridized carbons (Fsp3) is 0.455. The molecule has 2 aromatic rings. The van der Waals surface area contributed by atoms with Crippen molar-refractivity contribution in [1.29, 1.82) is 0 Å². The molecule has 1 N–H and O–H groups in total. The van der Waals surface area contributed by atoms with Crippen molar-refractivity contribution in [2.24, 2.45) is 11.8 Å². The number of phenols is 1. The van der Waals surface area contributed by atoms with Crippen LogP contribution in [0, 0.1) is 11.8 Å². The van der Waals surface area contributed by atoms with Crippen LogP contribution in [-0.4, -0.2) is 11.7 Å².